The van der Waals surface area contributed by atoms with E-state index in [0.717, 1.165) is 9.92 Å². The van der Waals surface area contributed by atoms with Gasteiger partial charge < -0.3 is 5.73 Å². The minimum absolute atomic E-state index is 0.422. The molecule has 0 saturated heterocycles. The van der Waals surface area contributed by atoms with E-state index in [1.165, 1.54) is 18.0 Å². The molecule has 0 aliphatic carbocycles. The highest BCUT2D eigenvalue weighted by Crippen LogP contribution is 2.27. The Kier molecular flexibility index (Phi) is 3.08. The molecular weight excluding hydrogens is 230 g/mol. The second-order valence-corrected chi connectivity index (χ2v) is 4.37. The van der Waals surface area contributed by atoms with Crippen LogP contribution in [0.15, 0.2) is 46.6 Å². The van der Waals surface area contributed by atoms with Crippen LogP contribution in [0.3, 0.4) is 0 Å². The van der Waals surface area contributed by atoms with Gasteiger partial charge in [0.2, 0.25) is 0 Å². The molecule has 1 heterocycles. The summed E-state index contributed by atoms with van der Waals surface area (Å²) in [5.41, 5.74) is 5.44. The maximum absolute atomic E-state index is 5.87. The van der Waals surface area contributed by atoms with Crippen LogP contribution in [0.5, 0.6) is 0 Å². The molecule has 0 amide bonds. The van der Waals surface area contributed by atoms with Gasteiger partial charge in [0.15, 0.2) is 0 Å². The SMILES string of the molecule is Nc1cnc(Sc2cccc(Cl)c2)cn1. The van der Waals surface area contributed by atoms with Crippen LogP contribution < -0.4 is 5.73 Å². The third kappa shape index (κ3) is 2.84. The number of anilines is 1. The molecule has 5 heteroatoms. The molecule has 0 aliphatic heterocycles. The first kappa shape index (κ1) is 10.3. The molecule has 0 atom stereocenters. The number of nitrogens with zero attached hydrogens (tertiary/aromatic N) is 2. The summed E-state index contributed by atoms with van der Waals surface area (Å²) in [4.78, 5) is 9.12. The van der Waals surface area contributed by atoms with Crippen molar-refractivity contribution in [3.63, 3.8) is 0 Å². The van der Waals surface area contributed by atoms with Gasteiger partial charge in [0, 0.05) is 9.92 Å². The van der Waals surface area contributed by atoms with Gasteiger partial charge in [-0.25, -0.2) is 9.97 Å². The Hall–Kier alpha value is -1.26. The molecule has 2 aromatic rings. The highest BCUT2D eigenvalue weighted by atomic mass is 35.5. The van der Waals surface area contributed by atoms with Crippen molar-refractivity contribution >= 4 is 29.2 Å². The number of hydrogen-bond acceptors (Lipinski definition) is 4. The zero-order chi connectivity index (χ0) is 10.7. The molecule has 0 fully saturated rings. The molecule has 0 radical (unpaired) electrons. The Labute approximate surface area is 96.7 Å². The maximum atomic E-state index is 5.87. The van der Waals surface area contributed by atoms with Crippen LogP contribution >= 0.6 is 23.4 Å². The lowest BCUT2D eigenvalue weighted by molar-refractivity contribution is 1.06. The highest BCUT2D eigenvalue weighted by molar-refractivity contribution is 7.99. The van der Waals surface area contributed by atoms with Crippen LogP contribution in [0.25, 0.3) is 0 Å². The zero-order valence-electron chi connectivity index (χ0n) is 7.72. The summed E-state index contributed by atoms with van der Waals surface area (Å²) in [6, 6.07) is 7.58. The number of aromatic nitrogens is 2. The Morgan fingerprint density at radius 2 is 2.07 bits per heavy atom. The number of benzene rings is 1. The number of hydrogen-bond donors (Lipinski definition) is 1. The third-order valence-electron chi connectivity index (χ3n) is 1.67. The van der Waals surface area contributed by atoms with E-state index in [2.05, 4.69) is 9.97 Å². The fourth-order valence-electron chi connectivity index (χ4n) is 1.03. The van der Waals surface area contributed by atoms with Gasteiger partial charge in [-0.2, -0.15) is 0 Å². The van der Waals surface area contributed by atoms with E-state index in [1.807, 2.05) is 24.3 Å². The number of nitrogen functional groups attached to an aromatic ring is 1. The van der Waals surface area contributed by atoms with Crippen molar-refractivity contribution in [3.8, 4) is 0 Å². The van der Waals surface area contributed by atoms with Crippen molar-refractivity contribution in [1.82, 2.24) is 9.97 Å². The van der Waals surface area contributed by atoms with Crippen molar-refractivity contribution in [3.05, 3.63) is 41.7 Å². The standard InChI is InChI=1S/C10H8ClN3S/c11-7-2-1-3-8(4-7)15-10-6-13-9(12)5-14-10/h1-6H,(H2,12,13). The Bertz CT molecular complexity index is 458. The monoisotopic (exact) mass is 237 g/mol. The van der Waals surface area contributed by atoms with Crippen LogP contribution in [0.4, 0.5) is 5.82 Å². The maximum Gasteiger partial charge on any atom is 0.141 e. The van der Waals surface area contributed by atoms with Crippen molar-refractivity contribution in [2.45, 2.75) is 9.92 Å². The minimum atomic E-state index is 0.422. The molecule has 2 rings (SSSR count). The minimum Gasteiger partial charge on any atom is -0.382 e. The van der Waals surface area contributed by atoms with Gasteiger partial charge in [-0.05, 0) is 18.2 Å². The fraction of sp³-hybridized carbons (Fsp3) is 0. The molecule has 1 aromatic carbocycles. The first-order valence-corrected chi connectivity index (χ1v) is 5.44. The van der Waals surface area contributed by atoms with E-state index in [-0.39, 0.29) is 0 Å². The highest BCUT2D eigenvalue weighted by Gasteiger charge is 1.99. The molecule has 76 valence electrons. The van der Waals surface area contributed by atoms with Crippen LogP contribution in [-0.4, -0.2) is 9.97 Å². The van der Waals surface area contributed by atoms with Crippen LogP contribution in [0.2, 0.25) is 5.02 Å². The molecule has 1 aromatic heterocycles. The number of rotatable bonds is 2. The number of halogens is 1. The van der Waals surface area contributed by atoms with Gasteiger partial charge in [-0.3, -0.25) is 0 Å². The van der Waals surface area contributed by atoms with Crippen LogP contribution in [0.1, 0.15) is 0 Å². The molecule has 0 unspecified atom stereocenters. The predicted molar refractivity (Wildman–Crippen MR) is 62.0 cm³/mol. The summed E-state index contributed by atoms with van der Waals surface area (Å²) >= 11 is 7.36. The quantitative estimate of drug-likeness (QED) is 0.873. The van der Waals surface area contributed by atoms with Crippen LogP contribution in [0, 0.1) is 0 Å². The molecule has 0 saturated carbocycles. The average molecular weight is 238 g/mol. The molecule has 0 bridgehead atoms. The zero-order valence-corrected chi connectivity index (χ0v) is 9.29. The third-order valence-corrected chi connectivity index (χ3v) is 2.81. The summed E-state index contributed by atoms with van der Waals surface area (Å²) in [6.07, 6.45) is 3.17. The fourth-order valence-corrected chi connectivity index (χ4v) is 2.07. The first-order valence-electron chi connectivity index (χ1n) is 4.25. The summed E-state index contributed by atoms with van der Waals surface area (Å²) in [7, 11) is 0. The van der Waals surface area contributed by atoms with Crippen molar-refractivity contribution in [2.24, 2.45) is 0 Å². The average Bonchev–Trinajstić information content (AvgIpc) is 2.22. The summed E-state index contributed by atoms with van der Waals surface area (Å²) in [6.45, 7) is 0. The van der Waals surface area contributed by atoms with E-state index in [9.17, 15) is 0 Å². The summed E-state index contributed by atoms with van der Waals surface area (Å²) in [5, 5.41) is 1.51. The molecule has 2 N–H and O–H groups in total. The normalized spacial score (nSPS) is 10.2. The Balaban J connectivity index is 2.18. The van der Waals surface area contributed by atoms with Crippen molar-refractivity contribution in [2.75, 3.05) is 5.73 Å². The Morgan fingerprint density at radius 3 is 2.73 bits per heavy atom. The van der Waals surface area contributed by atoms with Gasteiger partial charge >= 0.3 is 0 Å². The summed E-state index contributed by atoms with van der Waals surface area (Å²) < 4.78 is 0. The van der Waals surface area contributed by atoms with E-state index >= 15 is 0 Å². The van der Waals surface area contributed by atoms with E-state index in [1.54, 1.807) is 6.20 Å². The molecule has 0 spiro atoms. The lowest BCUT2D eigenvalue weighted by Gasteiger charge is -2.00. The van der Waals surface area contributed by atoms with Gasteiger partial charge in [0.25, 0.3) is 0 Å². The van der Waals surface area contributed by atoms with Crippen molar-refractivity contribution in [1.29, 1.82) is 0 Å². The van der Waals surface area contributed by atoms with Crippen LogP contribution in [-0.2, 0) is 0 Å². The number of nitrogens with two attached hydrogens (primary N) is 1. The molecule has 0 aliphatic rings. The van der Waals surface area contributed by atoms with Gasteiger partial charge in [-0.1, -0.05) is 29.4 Å². The smallest absolute Gasteiger partial charge is 0.141 e. The predicted octanol–water partition coefficient (Wildman–Crippen LogP) is 2.86. The first-order chi connectivity index (χ1) is 7.24. The second kappa shape index (κ2) is 4.51. The second-order valence-electron chi connectivity index (χ2n) is 2.84. The Morgan fingerprint density at radius 1 is 1.20 bits per heavy atom. The van der Waals surface area contributed by atoms with Gasteiger partial charge in [0.1, 0.15) is 10.8 Å². The largest absolute Gasteiger partial charge is 0.382 e. The summed E-state index contributed by atoms with van der Waals surface area (Å²) in [5.74, 6) is 0.422. The van der Waals surface area contributed by atoms with E-state index < -0.39 is 0 Å². The van der Waals surface area contributed by atoms with Crippen molar-refractivity contribution < 1.29 is 0 Å². The van der Waals surface area contributed by atoms with E-state index in [4.69, 9.17) is 17.3 Å². The lowest BCUT2D eigenvalue weighted by atomic mass is 10.4. The topological polar surface area (TPSA) is 51.8 Å². The molecule has 15 heavy (non-hydrogen) atoms. The molecular formula is C10H8ClN3S. The molecule has 3 nitrogen and oxygen atoms in total. The van der Waals surface area contributed by atoms with Gasteiger partial charge in [-0.15, -0.1) is 0 Å². The van der Waals surface area contributed by atoms with Gasteiger partial charge in [0.05, 0.1) is 12.4 Å². The van der Waals surface area contributed by atoms with E-state index in [0.29, 0.717) is 10.8 Å². The lowest BCUT2D eigenvalue weighted by Crippen LogP contribution is -1.91.